The number of ether oxygens (including phenoxy) is 2. The van der Waals surface area contributed by atoms with Gasteiger partial charge in [-0.05, 0) is 56.5 Å². The topological polar surface area (TPSA) is 71.1 Å². The minimum Gasteiger partial charge on any atom is -0.493 e. The Labute approximate surface area is 182 Å². The minimum absolute atomic E-state index is 0.0664. The van der Waals surface area contributed by atoms with Crippen LogP contribution in [0.1, 0.15) is 53.3 Å². The second kappa shape index (κ2) is 8.88. The quantitative estimate of drug-likeness (QED) is 0.783. The lowest BCUT2D eigenvalue weighted by Gasteiger charge is -2.44. The summed E-state index contributed by atoms with van der Waals surface area (Å²) in [6, 6.07) is 10.6. The molecular weight excluding hydrogens is 394 g/mol. The van der Waals surface area contributed by atoms with Crippen molar-refractivity contribution < 1.29 is 19.1 Å². The van der Waals surface area contributed by atoms with Gasteiger partial charge in [0.25, 0.3) is 11.8 Å². The van der Waals surface area contributed by atoms with E-state index in [1.54, 1.807) is 44.6 Å². The zero-order valence-electron chi connectivity index (χ0n) is 18.3. The summed E-state index contributed by atoms with van der Waals surface area (Å²) in [6.07, 6.45) is 4.33. The summed E-state index contributed by atoms with van der Waals surface area (Å²) in [7, 11) is 3.12. The van der Waals surface area contributed by atoms with Crippen LogP contribution in [0, 0.1) is 0 Å². The Morgan fingerprint density at radius 1 is 1.06 bits per heavy atom. The van der Waals surface area contributed by atoms with Crippen LogP contribution in [0.2, 0.25) is 0 Å². The third-order valence-electron chi connectivity index (χ3n) is 6.12. The molecule has 0 aromatic heterocycles. The molecular formula is C24H29N3O4. The predicted octanol–water partition coefficient (Wildman–Crippen LogP) is 4.14. The Hall–Kier alpha value is -3.22. The molecule has 0 aliphatic carbocycles. The highest BCUT2D eigenvalue weighted by molar-refractivity contribution is 6.08. The number of carbonyl (C=O) groups excluding carboxylic acids is 2. The van der Waals surface area contributed by atoms with Gasteiger partial charge in [-0.3, -0.25) is 9.59 Å². The smallest absolute Gasteiger partial charge is 0.257 e. The minimum atomic E-state index is -0.234. The number of anilines is 2. The van der Waals surface area contributed by atoms with Crippen LogP contribution in [0.3, 0.4) is 0 Å². The van der Waals surface area contributed by atoms with Crippen molar-refractivity contribution in [3.05, 3.63) is 47.5 Å². The highest BCUT2D eigenvalue weighted by Gasteiger charge is 2.37. The SMILES string of the molecule is CCN1c2cc(C(=O)Nc3ccc(OC)c(OC)c3)ccc2C(=O)N2CCCCC[C@@H]21. The fraction of sp³-hybridized carbons (Fsp3) is 0.417. The lowest BCUT2D eigenvalue weighted by atomic mass is 10.0. The van der Waals surface area contributed by atoms with Crippen molar-refractivity contribution in [2.75, 3.05) is 37.5 Å². The van der Waals surface area contributed by atoms with Gasteiger partial charge in [0.2, 0.25) is 0 Å². The monoisotopic (exact) mass is 423 g/mol. The summed E-state index contributed by atoms with van der Waals surface area (Å²) in [5.74, 6) is 0.974. The lowest BCUT2D eigenvalue weighted by Crippen LogP contribution is -2.55. The first-order chi connectivity index (χ1) is 15.1. The first kappa shape index (κ1) is 21.0. The molecule has 0 unspecified atom stereocenters. The highest BCUT2D eigenvalue weighted by Crippen LogP contribution is 2.36. The van der Waals surface area contributed by atoms with Crippen LogP contribution in [0.5, 0.6) is 11.5 Å². The fourth-order valence-electron chi connectivity index (χ4n) is 4.56. The van der Waals surface area contributed by atoms with Crippen LogP contribution in [0.15, 0.2) is 36.4 Å². The van der Waals surface area contributed by atoms with E-state index in [9.17, 15) is 9.59 Å². The first-order valence-corrected chi connectivity index (χ1v) is 10.8. The number of fused-ring (bicyclic) bond motifs is 2. The lowest BCUT2D eigenvalue weighted by molar-refractivity contribution is 0.0656. The third-order valence-corrected chi connectivity index (χ3v) is 6.12. The van der Waals surface area contributed by atoms with Crippen molar-refractivity contribution in [2.45, 2.75) is 38.8 Å². The van der Waals surface area contributed by atoms with Gasteiger partial charge >= 0.3 is 0 Å². The number of hydrogen-bond acceptors (Lipinski definition) is 5. The molecule has 1 N–H and O–H groups in total. The molecule has 7 heteroatoms. The van der Waals surface area contributed by atoms with E-state index in [0.717, 1.165) is 44.5 Å². The van der Waals surface area contributed by atoms with Gasteiger partial charge in [0.15, 0.2) is 11.5 Å². The molecule has 0 spiro atoms. The average molecular weight is 424 g/mol. The van der Waals surface area contributed by atoms with Crippen molar-refractivity contribution in [2.24, 2.45) is 0 Å². The first-order valence-electron chi connectivity index (χ1n) is 10.8. The van der Waals surface area contributed by atoms with Gasteiger partial charge in [0.05, 0.1) is 25.5 Å². The number of rotatable bonds is 5. The maximum absolute atomic E-state index is 13.1. The van der Waals surface area contributed by atoms with Gasteiger partial charge in [-0.15, -0.1) is 0 Å². The molecule has 4 rings (SSSR count). The van der Waals surface area contributed by atoms with Crippen LogP contribution in [-0.2, 0) is 0 Å². The van der Waals surface area contributed by atoms with Crippen LogP contribution >= 0.6 is 0 Å². The number of carbonyl (C=O) groups is 2. The third kappa shape index (κ3) is 3.92. The van der Waals surface area contributed by atoms with Crippen molar-refractivity contribution >= 4 is 23.2 Å². The Kier molecular flexibility index (Phi) is 6.02. The number of nitrogens with one attached hydrogen (secondary N) is 1. The predicted molar refractivity (Wildman–Crippen MR) is 120 cm³/mol. The molecule has 2 aliphatic heterocycles. The second-order valence-electron chi connectivity index (χ2n) is 7.87. The fourth-order valence-corrected chi connectivity index (χ4v) is 4.56. The number of amides is 2. The molecule has 2 aromatic carbocycles. The van der Waals surface area contributed by atoms with Crippen LogP contribution in [0.25, 0.3) is 0 Å². The van der Waals surface area contributed by atoms with E-state index in [1.807, 2.05) is 11.0 Å². The molecule has 0 radical (unpaired) electrons. The summed E-state index contributed by atoms with van der Waals surface area (Å²) in [5, 5.41) is 2.91. The number of hydrogen-bond donors (Lipinski definition) is 1. The molecule has 1 saturated heterocycles. The largest absolute Gasteiger partial charge is 0.493 e. The number of nitrogens with zero attached hydrogens (tertiary/aromatic N) is 2. The Morgan fingerprint density at radius 2 is 1.87 bits per heavy atom. The van der Waals surface area contributed by atoms with E-state index in [2.05, 4.69) is 17.1 Å². The van der Waals surface area contributed by atoms with Gasteiger partial charge in [-0.25, -0.2) is 0 Å². The summed E-state index contributed by atoms with van der Waals surface area (Å²) < 4.78 is 10.6. The van der Waals surface area contributed by atoms with Crippen molar-refractivity contribution in [1.82, 2.24) is 4.90 Å². The van der Waals surface area contributed by atoms with E-state index < -0.39 is 0 Å². The molecule has 7 nitrogen and oxygen atoms in total. The molecule has 2 amide bonds. The Balaban J connectivity index is 1.62. The molecule has 31 heavy (non-hydrogen) atoms. The number of methoxy groups -OCH3 is 2. The molecule has 164 valence electrons. The molecule has 2 aliphatic rings. The molecule has 2 aromatic rings. The van der Waals surface area contributed by atoms with Crippen LogP contribution in [0.4, 0.5) is 11.4 Å². The summed E-state index contributed by atoms with van der Waals surface area (Å²) in [4.78, 5) is 30.4. The van der Waals surface area contributed by atoms with Gasteiger partial charge in [-0.2, -0.15) is 0 Å². The molecule has 0 bridgehead atoms. The van der Waals surface area contributed by atoms with Crippen LogP contribution < -0.4 is 19.7 Å². The van der Waals surface area contributed by atoms with Gasteiger partial charge < -0.3 is 24.6 Å². The maximum atomic E-state index is 13.1. The van der Waals surface area contributed by atoms with E-state index in [-0.39, 0.29) is 18.0 Å². The Bertz CT molecular complexity index is 991. The van der Waals surface area contributed by atoms with Crippen molar-refractivity contribution in [1.29, 1.82) is 0 Å². The van der Waals surface area contributed by atoms with Gasteiger partial charge in [0.1, 0.15) is 6.17 Å². The molecule has 2 heterocycles. The normalized spacial score (nSPS) is 18.0. The number of benzene rings is 2. The molecule has 1 fully saturated rings. The molecule has 0 saturated carbocycles. The maximum Gasteiger partial charge on any atom is 0.257 e. The van der Waals surface area contributed by atoms with E-state index in [4.69, 9.17) is 9.47 Å². The molecule has 1 atom stereocenters. The zero-order chi connectivity index (χ0) is 22.0. The Morgan fingerprint density at radius 3 is 2.61 bits per heavy atom. The van der Waals surface area contributed by atoms with Crippen LogP contribution in [-0.4, -0.2) is 50.2 Å². The van der Waals surface area contributed by atoms with Gasteiger partial charge in [-0.1, -0.05) is 6.42 Å². The standard InChI is InChI=1S/C24H29N3O4/c1-4-26-19-14-16(23(28)25-17-10-12-20(30-2)21(15-17)31-3)9-11-18(19)24(29)27-13-7-5-6-8-22(26)27/h9-12,14-15,22H,4-8,13H2,1-3H3,(H,25,28)/t22-/m1/s1. The summed E-state index contributed by atoms with van der Waals surface area (Å²) in [6.45, 7) is 3.67. The van der Waals surface area contributed by atoms with E-state index in [0.29, 0.717) is 28.3 Å². The average Bonchev–Trinajstić information content (AvgIpc) is 3.05. The van der Waals surface area contributed by atoms with E-state index >= 15 is 0 Å². The van der Waals surface area contributed by atoms with Gasteiger partial charge in [0, 0.05) is 30.4 Å². The highest BCUT2D eigenvalue weighted by atomic mass is 16.5. The zero-order valence-corrected chi connectivity index (χ0v) is 18.3. The van der Waals surface area contributed by atoms with E-state index in [1.165, 1.54) is 0 Å². The van der Waals surface area contributed by atoms with Crippen molar-refractivity contribution in [3.8, 4) is 11.5 Å². The van der Waals surface area contributed by atoms with Crippen molar-refractivity contribution in [3.63, 3.8) is 0 Å². The second-order valence-corrected chi connectivity index (χ2v) is 7.87. The summed E-state index contributed by atoms with van der Waals surface area (Å²) in [5.41, 5.74) is 2.64. The summed E-state index contributed by atoms with van der Waals surface area (Å²) >= 11 is 0.